The first-order chi connectivity index (χ1) is 14.4. The maximum Gasteiger partial charge on any atom is 0.261 e. The highest BCUT2D eigenvalue weighted by Crippen LogP contribution is 2.19. The molecule has 0 saturated heterocycles. The number of rotatable bonds is 8. The monoisotopic (exact) mass is 416 g/mol. The summed E-state index contributed by atoms with van der Waals surface area (Å²) in [4.78, 5) is 27.1. The molecule has 0 spiro atoms. The summed E-state index contributed by atoms with van der Waals surface area (Å²) in [6.45, 7) is 1.52. The number of carbonyl (C=O) groups is 2. The van der Waals surface area contributed by atoms with Crippen LogP contribution in [0.4, 0.5) is 8.78 Å². The van der Waals surface area contributed by atoms with Crippen LogP contribution in [0.15, 0.2) is 48.5 Å². The molecular weight excluding hydrogens is 390 g/mol. The standard InChI is InChI=1S/C23H26F2N2O3/c1-16(23(29)26-20-4-2-3-5-20)27(14-17-6-8-18(24)9-7-17)22(28)15-30-21-12-10-19(25)11-13-21/h6-13,16,20H,2-5,14-15H2,1H3,(H,26,29). The SMILES string of the molecule is CC(C(=O)NC1CCCC1)N(Cc1ccc(F)cc1)C(=O)COc1ccc(F)cc1. The Morgan fingerprint density at radius 2 is 1.60 bits per heavy atom. The van der Waals surface area contributed by atoms with Crippen LogP contribution in [0.25, 0.3) is 0 Å². The third-order valence-corrected chi connectivity index (χ3v) is 5.31. The van der Waals surface area contributed by atoms with Crippen molar-refractivity contribution in [3.63, 3.8) is 0 Å². The van der Waals surface area contributed by atoms with Gasteiger partial charge in [-0.15, -0.1) is 0 Å². The molecule has 1 saturated carbocycles. The van der Waals surface area contributed by atoms with Crippen LogP contribution in [-0.2, 0) is 16.1 Å². The van der Waals surface area contributed by atoms with Crippen LogP contribution in [0, 0.1) is 11.6 Å². The first-order valence-corrected chi connectivity index (χ1v) is 10.1. The molecule has 5 nitrogen and oxygen atoms in total. The molecule has 1 atom stereocenters. The number of benzene rings is 2. The maximum absolute atomic E-state index is 13.2. The first kappa shape index (κ1) is 21.7. The van der Waals surface area contributed by atoms with Crippen LogP contribution < -0.4 is 10.1 Å². The molecule has 7 heteroatoms. The molecule has 0 aliphatic heterocycles. The van der Waals surface area contributed by atoms with Crippen LogP contribution in [0.3, 0.4) is 0 Å². The molecule has 1 aliphatic rings. The lowest BCUT2D eigenvalue weighted by atomic mass is 10.1. The van der Waals surface area contributed by atoms with E-state index in [-0.39, 0.29) is 30.9 Å². The zero-order valence-electron chi connectivity index (χ0n) is 16.9. The molecule has 2 aromatic carbocycles. The molecular formula is C23H26F2N2O3. The molecule has 2 aromatic rings. The van der Waals surface area contributed by atoms with Crippen LogP contribution in [-0.4, -0.2) is 35.4 Å². The second-order valence-corrected chi connectivity index (χ2v) is 7.56. The van der Waals surface area contributed by atoms with Gasteiger partial charge in [0.2, 0.25) is 5.91 Å². The van der Waals surface area contributed by atoms with E-state index in [1.165, 1.54) is 41.3 Å². The summed E-state index contributed by atoms with van der Waals surface area (Å²) in [5, 5.41) is 3.01. The quantitative estimate of drug-likeness (QED) is 0.712. The molecule has 1 N–H and O–H groups in total. The molecule has 1 fully saturated rings. The average molecular weight is 416 g/mol. The van der Waals surface area contributed by atoms with E-state index in [4.69, 9.17) is 4.74 Å². The van der Waals surface area contributed by atoms with E-state index in [1.54, 1.807) is 19.1 Å². The van der Waals surface area contributed by atoms with Gasteiger partial charge < -0.3 is 15.0 Å². The summed E-state index contributed by atoms with van der Waals surface area (Å²) in [6.07, 6.45) is 4.06. The van der Waals surface area contributed by atoms with E-state index >= 15 is 0 Å². The molecule has 0 bridgehead atoms. The fourth-order valence-electron chi connectivity index (χ4n) is 3.52. The molecule has 0 radical (unpaired) electrons. The summed E-state index contributed by atoms with van der Waals surface area (Å²) < 4.78 is 31.8. The van der Waals surface area contributed by atoms with Crippen molar-refractivity contribution in [1.82, 2.24) is 10.2 Å². The predicted molar refractivity (Wildman–Crippen MR) is 109 cm³/mol. The molecule has 0 aromatic heterocycles. The van der Waals surface area contributed by atoms with Gasteiger partial charge in [0, 0.05) is 12.6 Å². The Morgan fingerprint density at radius 1 is 1.03 bits per heavy atom. The van der Waals surface area contributed by atoms with Crippen LogP contribution >= 0.6 is 0 Å². The first-order valence-electron chi connectivity index (χ1n) is 10.1. The Balaban J connectivity index is 1.69. The lowest BCUT2D eigenvalue weighted by molar-refractivity contribution is -0.142. The predicted octanol–water partition coefficient (Wildman–Crippen LogP) is 3.82. The Morgan fingerprint density at radius 3 is 2.20 bits per heavy atom. The largest absolute Gasteiger partial charge is 0.484 e. The van der Waals surface area contributed by atoms with Gasteiger partial charge in [-0.3, -0.25) is 9.59 Å². The minimum Gasteiger partial charge on any atom is -0.484 e. The zero-order valence-corrected chi connectivity index (χ0v) is 16.9. The van der Waals surface area contributed by atoms with Crippen molar-refractivity contribution in [1.29, 1.82) is 0 Å². The van der Waals surface area contributed by atoms with Crippen molar-refractivity contribution in [2.75, 3.05) is 6.61 Å². The van der Waals surface area contributed by atoms with Gasteiger partial charge in [0.25, 0.3) is 5.91 Å². The smallest absolute Gasteiger partial charge is 0.261 e. The van der Waals surface area contributed by atoms with E-state index in [0.717, 1.165) is 25.7 Å². The highest BCUT2D eigenvalue weighted by Gasteiger charge is 2.28. The molecule has 2 amide bonds. The number of halogens is 2. The van der Waals surface area contributed by atoms with Gasteiger partial charge in [-0.1, -0.05) is 25.0 Å². The normalized spacial score (nSPS) is 14.9. The maximum atomic E-state index is 13.2. The average Bonchev–Trinajstić information content (AvgIpc) is 3.25. The van der Waals surface area contributed by atoms with Gasteiger partial charge in [-0.05, 0) is 61.7 Å². The van der Waals surface area contributed by atoms with Crippen molar-refractivity contribution >= 4 is 11.8 Å². The van der Waals surface area contributed by atoms with E-state index < -0.39 is 17.8 Å². The van der Waals surface area contributed by atoms with Gasteiger partial charge in [0.1, 0.15) is 23.4 Å². The van der Waals surface area contributed by atoms with E-state index in [0.29, 0.717) is 11.3 Å². The summed E-state index contributed by atoms with van der Waals surface area (Å²) in [7, 11) is 0. The van der Waals surface area contributed by atoms with Gasteiger partial charge in [-0.2, -0.15) is 0 Å². The molecule has 3 rings (SSSR count). The molecule has 1 aliphatic carbocycles. The molecule has 0 heterocycles. The summed E-state index contributed by atoms with van der Waals surface area (Å²) in [5.74, 6) is -1.03. The summed E-state index contributed by atoms with van der Waals surface area (Å²) in [6, 6.07) is 10.6. The highest BCUT2D eigenvalue weighted by molar-refractivity contribution is 5.88. The van der Waals surface area contributed by atoms with Gasteiger partial charge in [-0.25, -0.2) is 8.78 Å². The Kier molecular flexibility index (Phi) is 7.38. The fraction of sp³-hybridized carbons (Fsp3) is 0.391. The van der Waals surface area contributed by atoms with Crippen molar-refractivity contribution in [2.24, 2.45) is 0 Å². The number of amides is 2. The molecule has 160 valence electrons. The minimum atomic E-state index is -0.722. The topological polar surface area (TPSA) is 58.6 Å². The third-order valence-electron chi connectivity index (χ3n) is 5.31. The third kappa shape index (κ3) is 6.02. The Bertz CT molecular complexity index is 850. The van der Waals surface area contributed by atoms with Crippen LogP contribution in [0.5, 0.6) is 5.75 Å². The van der Waals surface area contributed by atoms with E-state index in [2.05, 4.69) is 5.32 Å². The Labute approximate surface area is 175 Å². The van der Waals surface area contributed by atoms with Crippen molar-refractivity contribution in [3.8, 4) is 5.75 Å². The minimum absolute atomic E-state index is 0.137. The Hall–Kier alpha value is -2.96. The van der Waals surface area contributed by atoms with E-state index in [9.17, 15) is 18.4 Å². The number of carbonyl (C=O) groups excluding carboxylic acids is 2. The van der Waals surface area contributed by atoms with Gasteiger partial charge in [0.05, 0.1) is 0 Å². The highest BCUT2D eigenvalue weighted by atomic mass is 19.1. The number of hydrogen-bond acceptors (Lipinski definition) is 3. The summed E-state index contributed by atoms with van der Waals surface area (Å²) >= 11 is 0. The number of nitrogens with one attached hydrogen (secondary N) is 1. The van der Waals surface area contributed by atoms with Crippen molar-refractivity contribution in [3.05, 3.63) is 65.7 Å². The number of hydrogen-bond donors (Lipinski definition) is 1. The molecule has 30 heavy (non-hydrogen) atoms. The van der Waals surface area contributed by atoms with E-state index in [1.807, 2.05) is 0 Å². The second kappa shape index (κ2) is 10.2. The lowest BCUT2D eigenvalue weighted by Gasteiger charge is -2.29. The van der Waals surface area contributed by atoms with Gasteiger partial charge in [0.15, 0.2) is 6.61 Å². The molecule has 1 unspecified atom stereocenters. The fourth-order valence-corrected chi connectivity index (χ4v) is 3.52. The van der Waals surface area contributed by atoms with Crippen LogP contribution in [0.2, 0.25) is 0 Å². The number of ether oxygens (including phenoxy) is 1. The number of nitrogens with zero attached hydrogens (tertiary/aromatic N) is 1. The summed E-state index contributed by atoms with van der Waals surface area (Å²) in [5.41, 5.74) is 0.701. The van der Waals surface area contributed by atoms with Crippen LogP contribution in [0.1, 0.15) is 38.2 Å². The lowest BCUT2D eigenvalue weighted by Crippen LogP contribution is -2.50. The van der Waals surface area contributed by atoms with Gasteiger partial charge >= 0.3 is 0 Å². The van der Waals surface area contributed by atoms with Crippen molar-refractivity contribution < 1.29 is 23.1 Å². The van der Waals surface area contributed by atoms with Crippen molar-refractivity contribution in [2.45, 2.75) is 51.2 Å². The second-order valence-electron chi connectivity index (χ2n) is 7.56. The zero-order chi connectivity index (χ0) is 21.5.